The van der Waals surface area contributed by atoms with E-state index in [9.17, 15) is 9.59 Å². The summed E-state index contributed by atoms with van der Waals surface area (Å²) in [6.45, 7) is -0.0125. The number of rotatable bonds is 5. The highest BCUT2D eigenvalue weighted by Crippen LogP contribution is 2.31. The fourth-order valence-electron chi connectivity index (χ4n) is 2.33. The molecule has 1 amide bonds. The largest absolute Gasteiger partial charge is 0.481 e. The van der Waals surface area contributed by atoms with Gasteiger partial charge in [-0.1, -0.05) is 19.3 Å². The highest BCUT2D eigenvalue weighted by atomic mass is 16.5. The summed E-state index contributed by atoms with van der Waals surface area (Å²) >= 11 is 0. The van der Waals surface area contributed by atoms with Crippen LogP contribution in [0.3, 0.4) is 0 Å². The van der Waals surface area contributed by atoms with E-state index in [4.69, 9.17) is 9.84 Å². The second-order valence-corrected chi connectivity index (χ2v) is 4.39. The van der Waals surface area contributed by atoms with Gasteiger partial charge >= 0.3 is 5.97 Å². The van der Waals surface area contributed by atoms with E-state index in [1.165, 1.54) is 7.11 Å². The van der Waals surface area contributed by atoms with Crippen LogP contribution in [0.5, 0.6) is 0 Å². The van der Waals surface area contributed by atoms with Crippen molar-refractivity contribution in [2.24, 2.45) is 0 Å². The first-order valence-electron chi connectivity index (χ1n) is 5.60. The lowest BCUT2D eigenvalue weighted by Gasteiger charge is -2.36. The molecule has 0 saturated heterocycles. The first-order chi connectivity index (χ1) is 7.58. The molecule has 0 aromatic carbocycles. The Labute approximate surface area is 95.2 Å². The molecule has 1 fully saturated rings. The smallest absolute Gasteiger partial charge is 0.305 e. The minimum Gasteiger partial charge on any atom is -0.481 e. The normalized spacial score (nSPS) is 19.1. The summed E-state index contributed by atoms with van der Waals surface area (Å²) in [5, 5.41) is 11.7. The van der Waals surface area contributed by atoms with Gasteiger partial charge in [0.25, 0.3) is 0 Å². The van der Waals surface area contributed by atoms with E-state index in [-0.39, 0.29) is 18.9 Å². The monoisotopic (exact) mass is 229 g/mol. The lowest BCUT2D eigenvalue weighted by molar-refractivity contribution is -0.140. The number of carbonyl (C=O) groups is 2. The number of amides is 1. The Kier molecular flexibility index (Phi) is 4.73. The summed E-state index contributed by atoms with van der Waals surface area (Å²) in [5.41, 5.74) is -0.556. The maximum absolute atomic E-state index is 11.5. The third-order valence-corrected chi connectivity index (χ3v) is 2.98. The van der Waals surface area contributed by atoms with Gasteiger partial charge in [-0.15, -0.1) is 0 Å². The molecule has 1 aliphatic carbocycles. The Morgan fingerprint density at radius 1 is 1.31 bits per heavy atom. The molecule has 0 spiro atoms. The van der Waals surface area contributed by atoms with Crippen molar-refractivity contribution in [2.75, 3.05) is 13.7 Å². The maximum Gasteiger partial charge on any atom is 0.305 e. The Bertz CT molecular complexity index is 259. The zero-order valence-electron chi connectivity index (χ0n) is 9.62. The molecule has 0 aliphatic heterocycles. The van der Waals surface area contributed by atoms with Crippen LogP contribution in [-0.4, -0.2) is 36.2 Å². The van der Waals surface area contributed by atoms with Gasteiger partial charge in [0.05, 0.1) is 12.0 Å². The Balaban J connectivity index is 2.62. The first kappa shape index (κ1) is 13.0. The number of aliphatic carboxylic acids is 1. The van der Waals surface area contributed by atoms with Crippen molar-refractivity contribution in [1.82, 2.24) is 5.32 Å². The van der Waals surface area contributed by atoms with Gasteiger partial charge in [0.2, 0.25) is 5.91 Å². The Morgan fingerprint density at radius 2 is 1.94 bits per heavy atom. The highest BCUT2D eigenvalue weighted by Gasteiger charge is 2.35. The zero-order valence-corrected chi connectivity index (χ0v) is 9.62. The number of methoxy groups -OCH3 is 1. The standard InChI is InChI=1S/C11H19NO4/c1-16-8-9(13)12-11(7-10(14)15)5-3-2-4-6-11/h2-8H2,1H3,(H,12,13)(H,14,15). The van der Waals surface area contributed by atoms with Gasteiger partial charge in [0.1, 0.15) is 6.61 Å². The number of carboxylic acid groups (broad SMARTS) is 1. The third-order valence-electron chi connectivity index (χ3n) is 2.98. The van der Waals surface area contributed by atoms with Gasteiger partial charge in [0.15, 0.2) is 0 Å². The molecule has 1 rings (SSSR count). The predicted octanol–water partition coefficient (Wildman–Crippen LogP) is 0.927. The summed E-state index contributed by atoms with van der Waals surface area (Å²) in [7, 11) is 1.45. The van der Waals surface area contributed by atoms with E-state index >= 15 is 0 Å². The van der Waals surface area contributed by atoms with Crippen molar-refractivity contribution in [3.63, 3.8) is 0 Å². The summed E-state index contributed by atoms with van der Waals surface area (Å²) in [4.78, 5) is 22.3. The molecule has 2 N–H and O–H groups in total. The van der Waals surface area contributed by atoms with Crippen LogP contribution in [-0.2, 0) is 14.3 Å². The summed E-state index contributed by atoms with van der Waals surface area (Å²) < 4.78 is 4.74. The molecule has 1 saturated carbocycles. The van der Waals surface area contributed by atoms with Crippen molar-refractivity contribution in [3.8, 4) is 0 Å². The molecule has 16 heavy (non-hydrogen) atoms. The van der Waals surface area contributed by atoms with Crippen LogP contribution in [0.4, 0.5) is 0 Å². The second-order valence-electron chi connectivity index (χ2n) is 4.39. The van der Waals surface area contributed by atoms with Gasteiger partial charge in [-0.25, -0.2) is 0 Å². The first-order valence-corrected chi connectivity index (χ1v) is 5.60. The molecule has 0 unspecified atom stereocenters. The average Bonchev–Trinajstić information content (AvgIpc) is 2.17. The average molecular weight is 229 g/mol. The summed E-state index contributed by atoms with van der Waals surface area (Å²) in [6, 6.07) is 0. The summed E-state index contributed by atoms with van der Waals surface area (Å²) in [6.07, 6.45) is 4.55. The molecular weight excluding hydrogens is 210 g/mol. The van der Waals surface area contributed by atoms with Gasteiger partial charge < -0.3 is 15.2 Å². The van der Waals surface area contributed by atoms with Crippen LogP contribution in [0.2, 0.25) is 0 Å². The lowest BCUT2D eigenvalue weighted by Crippen LogP contribution is -2.52. The fraction of sp³-hybridized carbons (Fsp3) is 0.818. The van der Waals surface area contributed by atoms with Crippen molar-refractivity contribution in [1.29, 1.82) is 0 Å². The number of nitrogens with one attached hydrogen (secondary N) is 1. The van der Waals surface area contributed by atoms with Gasteiger partial charge in [-0.2, -0.15) is 0 Å². The molecule has 0 aromatic heterocycles. The minimum absolute atomic E-state index is 0.00243. The van der Waals surface area contributed by atoms with Crippen LogP contribution in [0.1, 0.15) is 38.5 Å². The van der Waals surface area contributed by atoms with Gasteiger partial charge in [-0.3, -0.25) is 9.59 Å². The SMILES string of the molecule is COCC(=O)NC1(CC(=O)O)CCCCC1. The predicted molar refractivity (Wildman–Crippen MR) is 58.1 cm³/mol. The molecular formula is C11H19NO4. The van der Waals surface area contributed by atoms with E-state index < -0.39 is 11.5 Å². The van der Waals surface area contributed by atoms with Gasteiger partial charge in [0, 0.05) is 7.11 Å². The molecule has 5 heteroatoms. The molecule has 5 nitrogen and oxygen atoms in total. The molecule has 0 bridgehead atoms. The van der Waals surface area contributed by atoms with Crippen LogP contribution < -0.4 is 5.32 Å². The maximum atomic E-state index is 11.5. The third kappa shape index (κ3) is 3.81. The van der Waals surface area contributed by atoms with Crippen LogP contribution in [0, 0.1) is 0 Å². The number of hydrogen-bond donors (Lipinski definition) is 2. The Morgan fingerprint density at radius 3 is 2.44 bits per heavy atom. The van der Waals surface area contributed by atoms with Crippen molar-refractivity contribution in [2.45, 2.75) is 44.1 Å². The number of carbonyl (C=O) groups excluding carboxylic acids is 1. The van der Waals surface area contributed by atoms with E-state index in [1.54, 1.807) is 0 Å². The second kappa shape index (κ2) is 5.84. The lowest BCUT2D eigenvalue weighted by atomic mass is 9.79. The van der Waals surface area contributed by atoms with E-state index in [2.05, 4.69) is 5.32 Å². The van der Waals surface area contributed by atoms with Crippen molar-refractivity contribution in [3.05, 3.63) is 0 Å². The fourth-order valence-corrected chi connectivity index (χ4v) is 2.33. The molecule has 0 heterocycles. The molecule has 0 aromatic rings. The quantitative estimate of drug-likeness (QED) is 0.735. The topological polar surface area (TPSA) is 75.6 Å². The highest BCUT2D eigenvalue weighted by molar-refractivity contribution is 5.79. The van der Waals surface area contributed by atoms with E-state index in [1.807, 2.05) is 0 Å². The van der Waals surface area contributed by atoms with Gasteiger partial charge in [-0.05, 0) is 12.8 Å². The summed E-state index contributed by atoms with van der Waals surface area (Å²) in [5.74, 6) is -1.09. The zero-order chi connectivity index (χ0) is 12.0. The van der Waals surface area contributed by atoms with Crippen LogP contribution in [0.15, 0.2) is 0 Å². The Hall–Kier alpha value is -1.10. The van der Waals surface area contributed by atoms with Crippen molar-refractivity contribution < 1.29 is 19.4 Å². The molecule has 0 radical (unpaired) electrons. The minimum atomic E-state index is -0.861. The number of hydrogen-bond acceptors (Lipinski definition) is 3. The van der Waals surface area contributed by atoms with E-state index in [0.29, 0.717) is 0 Å². The van der Waals surface area contributed by atoms with Crippen LogP contribution in [0.25, 0.3) is 0 Å². The van der Waals surface area contributed by atoms with Crippen LogP contribution >= 0.6 is 0 Å². The molecule has 92 valence electrons. The number of carboxylic acids is 1. The number of ether oxygens (including phenoxy) is 1. The van der Waals surface area contributed by atoms with Crippen molar-refractivity contribution >= 4 is 11.9 Å². The molecule has 0 atom stereocenters. The molecule has 1 aliphatic rings. The van der Waals surface area contributed by atoms with E-state index in [0.717, 1.165) is 32.1 Å².